The van der Waals surface area contributed by atoms with Crippen molar-refractivity contribution in [2.75, 3.05) is 0 Å². The highest BCUT2D eigenvalue weighted by atomic mass is 32.2. The largest absolute Gasteiger partial charge is 0.768 e. The molecule has 1 atom stereocenters. The maximum Gasteiger partial charge on any atom is 0.194 e. The molecule has 0 heterocycles. The van der Waals surface area contributed by atoms with Gasteiger partial charge in [-0.2, -0.15) is 0 Å². The molecule has 0 aliphatic carbocycles. The summed E-state index contributed by atoms with van der Waals surface area (Å²) in [6, 6.07) is 14.8. The summed E-state index contributed by atoms with van der Waals surface area (Å²) in [6.45, 7) is 0. The Labute approximate surface area is 101 Å². The molecular weight excluding hydrogens is 236 g/mol. The van der Waals surface area contributed by atoms with Crippen LogP contribution in [0.15, 0.2) is 59.5 Å². The first-order valence-electron chi connectivity index (χ1n) is 4.98. The third-order valence-electron chi connectivity index (χ3n) is 2.35. The average Bonchev–Trinajstić information content (AvgIpc) is 2.39. The number of hydrogen-bond donors (Lipinski definition) is 0. The number of ketones is 1. The van der Waals surface area contributed by atoms with Crippen molar-refractivity contribution in [2.24, 2.45) is 0 Å². The van der Waals surface area contributed by atoms with E-state index in [9.17, 15) is 13.6 Å². The highest BCUT2D eigenvalue weighted by Crippen LogP contribution is 2.16. The molecule has 0 aromatic heterocycles. The topological polar surface area (TPSA) is 57.2 Å². The number of carbonyl (C=O) groups is 1. The number of rotatable bonds is 3. The monoisotopic (exact) mass is 245 g/mol. The Hall–Kier alpha value is -1.78. The smallest absolute Gasteiger partial charge is 0.194 e. The van der Waals surface area contributed by atoms with Crippen molar-refractivity contribution in [3.05, 3.63) is 65.7 Å². The van der Waals surface area contributed by atoms with Crippen LogP contribution < -0.4 is 0 Å². The van der Waals surface area contributed by atoms with Crippen LogP contribution in [-0.2, 0) is 11.1 Å². The molecule has 0 N–H and O–H groups in total. The fraction of sp³-hybridized carbons (Fsp3) is 0. The van der Waals surface area contributed by atoms with Crippen LogP contribution in [0.4, 0.5) is 0 Å². The van der Waals surface area contributed by atoms with Gasteiger partial charge < -0.3 is 4.55 Å². The van der Waals surface area contributed by atoms with Crippen molar-refractivity contribution in [2.45, 2.75) is 4.90 Å². The normalized spacial score (nSPS) is 12.1. The zero-order chi connectivity index (χ0) is 12.3. The van der Waals surface area contributed by atoms with Gasteiger partial charge in [-0.05, 0) is 23.2 Å². The molecule has 0 saturated heterocycles. The Bertz CT molecular complexity index is 564. The highest BCUT2D eigenvalue weighted by molar-refractivity contribution is 7.79. The summed E-state index contributed by atoms with van der Waals surface area (Å²) < 4.78 is 22.0. The molecule has 4 heteroatoms. The lowest BCUT2D eigenvalue weighted by Gasteiger charge is -2.10. The van der Waals surface area contributed by atoms with Gasteiger partial charge in [-0.15, -0.1) is 0 Å². The van der Waals surface area contributed by atoms with E-state index < -0.39 is 11.1 Å². The fourth-order valence-corrected chi connectivity index (χ4v) is 2.07. The van der Waals surface area contributed by atoms with E-state index in [1.165, 1.54) is 12.1 Å². The van der Waals surface area contributed by atoms with Gasteiger partial charge >= 0.3 is 0 Å². The van der Waals surface area contributed by atoms with Gasteiger partial charge in [0.2, 0.25) is 0 Å². The van der Waals surface area contributed by atoms with Crippen LogP contribution in [0.5, 0.6) is 0 Å². The van der Waals surface area contributed by atoms with Crippen LogP contribution in [0, 0.1) is 0 Å². The Kier molecular flexibility index (Phi) is 3.46. The highest BCUT2D eigenvalue weighted by Gasteiger charge is 2.12. The molecular formula is C13H9O3S-. The van der Waals surface area contributed by atoms with Crippen LogP contribution in [0.2, 0.25) is 0 Å². The minimum absolute atomic E-state index is 0.0290. The summed E-state index contributed by atoms with van der Waals surface area (Å²) in [6.07, 6.45) is 0. The first kappa shape index (κ1) is 11.7. The van der Waals surface area contributed by atoms with Crippen LogP contribution in [0.25, 0.3) is 0 Å². The lowest BCUT2D eigenvalue weighted by Crippen LogP contribution is -2.06. The Balaban J connectivity index is 2.48. The maximum atomic E-state index is 12.1. The molecule has 0 fully saturated rings. The van der Waals surface area contributed by atoms with Gasteiger partial charge in [0.25, 0.3) is 0 Å². The predicted octanol–water partition coefficient (Wildman–Crippen LogP) is 2.16. The van der Waals surface area contributed by atoms with Crippen LogP contribution >= 0.6 is 0 Å². The number of carbonyl (C=O) groups excluding carboxylic acids is 1. The number of benzene rings is 2. The van der Waals surface area contributed by atoms with Gasteiger partial charge in [0, 0.05) is 16.0 Å². The number of hydrogen-bond acceptors (Lipinski definition) is 3. The maximum absolute atomic E-state index is 12.1. The van der Waals surface area contributed by atoms with Crippen molar-refractivity contribution >= 4 is 16.9 Å². The quantitative estimate of drug-likeness (QED) is 0.615. The SMILES string of the molecule is O=C(c1ccccc1)c1ccccc1S(=O)[O-]. The van der Waals surface area contributed by atoms with E-state index in [0.717, 1.165) is 0 Å². The Morgan fingerprint density at radius 3 is 2.18 bits per heavy atom. The second-order valence-electron chi connectivity index (χ2n) is 3.43. The first-order chi connectivity index (χ1) is 8.20. The summed E-state index contributed by atoms with van der Waals surface area (Å²) in [5.41, 5.74) is 0.678. The molecule has 0 aliphatic rings. The lowest BCUT2D eigenvalue weighted by molar-refractivity contribution is 0.103. The summed E-state index contributed by atoms with van der Waals surface area (Å²) in [7, 11) is 0. The van der Waals surface area contributed by atoms with Crippen molar-refractivity contribution < 1.29 is 13.6 Å². The summed E-state index contributed by atoms with van der Waals surface area (Å²) in [5.74, 6) is -0.287. The van der Waals surface area contributed by atoms with Crippen molar-refractivity contribution in [1.82, 2.24) is 0 Å². The molecule has 0 bridgehead atoms. The van der Waals surface area contributed by atoms with Crippen molar-refractivity contribution in [3.63, 3.8) is 0 Å². The molecule has 2 aromatic carbocycles. The zero-order valence-corrected chi connectivity index (χ0v) is 9.65. The molecule has 0 saturated carbocycles. The van der Waals surface area contributed by atoms with E-state index in [1.54, 1.807) is 42.5 Å². The van der Waals surface area contributed by atoms with Crippen LogP contribution in [0.3, 0.4) is 0 Å². The predicted molar refractivity (Wildman–Crippen MR) is 63.5 cm³/mol. The molecule has 2 rings (SSSR count). The van der Waals surface area contributed by atoms with Gasteiger partial charge in [0.05, 0.1) is 0 Å². The molecule has 86 valence electrons. The van der Waals surface area contributed by atoms with Gasteiger partial charge in [-0.1, -0.05) is 42.5 Å². The molecule has 0 spiro atoms. The minimum Gasteiger partial charge on any atom is -0.768 e. The third kappa shape index (κ3) is 2.49. The van der Waals surface area contributed by atoms with Gasteiger partial charge in [-0.25, -0.2) is 0 Å². The molecule has 0 aliphatic heterocycles. The van der Waals surface area contributed by atoms with Crippen molar-refractivity contribution in [1.29, 1.82) is 0 Å². The van der Waals surface area contributed by atoms with E-state index in [2.05, 4.69) is 0 Å². The van der Waals surface area contributed by atoms with E-state index in [4.69, 9.17) is 0 Å². The van der Waals surface area contributed by atoms with E-state index in [1.807, 2.05) is 0 Å². The molecule has 2 aromatic rings. The fourth-order valence-electron chi connectivity index (χ4n) is 1.54. The Morgan fingerprint density at radius 2 is 1.53 bits per heavy atom. The third-order valence-corrected chi connectivity index (χ3v) is 3.06. The Morgan fingerprint density at radius 1 is 0.941 bits per heavy atom. The second kappa shape index (κ2) is 5.03. The van der Waals surface area contributed by atoms with Crippen LogP contribution in [0.1, 0.15) is 15.9 Å². The standard InChI is InChI=1S/C13H10O3S/c14-13(10-6-2-1-3-7-10)11-8-4-5-9-12(11)17(15)16/h1-9H,(H,15,16)/p-1. The van der Waals surface area contributed by atoms with E-state index in [-0.39, 0.29) is 16.2 Å². The van der Waals surface area contributed by atoms with E-state index >= 15 is 0 Å². The first-order valence-corrected chi connectivity index (χ1v) is 6.05. The van der Waals surface area contributed by atoms with E-state index in [0.29, 0.717) is 5.56 Å². The van der Waals surface area contributed by atoms with Gasteiger partial charge in [0.1, 0.15) is 0 Å². The summed E-state index contributed by atoms with van der Waals surface area (Å²) in [5, 5.41) is 0. The van der Waals surface area contributed by atoms with Gasteiger partial charge in [-0.3, -0.25) is 9.00 Å². The van der Waals surface area contributed by atoms with Gasteiger partial charge in [0.15, 0.2) is 5.78 Å². The molecule has 3 nitrogen and oxygen atoms in total. The zero-order valence-electron chi connectivity index (χ0n) is 8.83. The summed E-state index contributed by atoms with van der Waals surface area (Å²) >= 11 is -2.41. The summed E-state index contributed by atoms with van der Waals surface area (Å²) in [4.78, 5) is 12.1. The average molecular weight is 245 g/mol. The van der Waals surface area contributed by atoms with Crippen molar-refractivity contribution in [3.8, 4) is 0 Å². The molecule has 0 radical (unpaired) electrons. The lowest BCUT2D eigenvalue weighted by atomic mass is 10.0. The molecule has 1 unspecified atom stereocenters. The molecule has 0 amide bonds. The van der Waals surface area contributed by atoms with Crippen LogP contribution in [-0.4, -0.2) is 14.5 Å². The second-order valence-corrected chi connectivity index (χ2v) is 4.34. The molecule has 17 heavy (non-hydrogen) atoms. The minimum atomic E-state index is -2.41.